The molecule has 1 saturated heterocycles. The van der Waals surface area contributed by atoms with Gasteiger partial charge in [0.1, 0.15) is 12.4 Å². The fourth-order valence-electron chi connectivity index (χ4n) is 6.96. The summed E-state index contributed by atoms with van der Waals surface area (Å²) >= 11 is 0. The number of aryl methyl sites for hydroxylation is 2. The lowest BCUT2D eigenvalue weighted by Gasteiger charge is -2.36. The summed E-state index contributed by atoms with van der Waals surface area (Å²) in [7, 11) is -2.48. The Morgan fingerprint density at radius 3 is 2.50 bits per heavy atom. The minimum atomic E-state index is -4.19. The maximum atomic E-state index is 14.6. The lowest BCUT2D eigenvalue weighted by Crippen LogP contribution is -2.44. The van der Waals surface area contributed by atoms with Crippen LogP contribution in [0.3, 0.4) is 0 Å². The Kier molecular flexibility index (Phi) is 11.1. The largest absolute Gasteiger partial charge is 0.475 e. The van der Waals surface area contributed by atoms with Crippen LogP contribution in [0.2, 0.25) is 0 Å². The SMILES string of the molecule is COC[C@H]1CCCCN1c1cncc(CN2C(=O)c3cccc(c3)S(=O)(=O)Nc3nc(cc(-c4c(C)cccc4C)n3)OC[C@H]2CCC(C)(C)C)n1. The molecule has 0 aliphatic carbocycles. The van der Waals surface area contributed by atoms with Crippen molar-refractivity contribution in [3.63, 3.8) is 0 Å². The third kappa shape index (κ3) is 8.70. The van der Waals surface area contributed by atoms with Gasteiger partial charge in [0.25, 0.3) is 15.9 Å². The van der Waals surface area contributed by atoms with Crippen LogP contribution in [0.1, 0.15) is 80.1 Å². The average molecular weight is 728 g/mol. The highest BCUT2D eigenvalue weighted by atomic mass is 32.2. The van der Waals surface area contributed by atoms with E-state index in [0.29, 0.717) is 24.4 Å². The van der Waals surface area contributed by atoms with Crippen LogP contribution < -0.4 is 14.4 Å². The molecule has 4 heterocycles. The number of ether oxygens (including phenoxy) is 2. The van der Waals surface area contributed by atoms with E-state index < -0.39 is 16.1 Å². The first-order valence-electron chi connectivity index (χ1n) is 17.9. The highest BCUT2D eigenvalue weighted by Gasteiger charge is 2.31. The molecule has 2 aliphatic rings. The minimum absolute atomic E-state index is 0.0320. The Labute approximate surface area is 307 Å². The van der Waals surface area contributed by atoms with Gasteiger partial charge < -0.3 is 19.3 Å². The molecule has 2 aromatic carbocycles. The maximum absolute atomic E-state index is 14.6. The van der Waals surface area contributed by atoms with E-state index in [1.165, 1.54) is 12.1 Å². The molecule has 276 valence electrons. The van der Waals surface area contributed by atoms with E-state index in [1.807, 2.05) is 32.0 Å². The number of methoxy groups -OCH3 is 1. The van der Waals surface area contributed by atoms with Gasteiger partial charge in [-0.2, -0.15) is 4.98 Å². The molecule has 0 saturated carbocycles. The molecular formula is C39H49N7O5S. The van der Waals surface area contributed by atoms with Crippen LogP contribution in [-0.4, -0.2) is 78.1 Å². The van der Waals surface area contributed by atoms with Gasteiger partial charge in [0, 0.05) is 30.8 Å². The molecule has 4 aromatic rings. The van der Waals surface area contributed by atoms with Gasteiger partial charge in [0.05, 0.1) is 53.9 Å². The Morgan fingerprint density at radius 1 is 0.981 bits per heavy atom. The molecule has 2 atom stereocenters. The van der Waals surface area contributed by atoms with Crippen LogP contribution >= 0.6 is 0 Å². The molecule has 4 bridgehead atoms. The number of carbonyl (C=O) groups is 1. The number of benzene rings is 2. The number of nitrogens with one attached hydrogen (secondary N) is 1. The van der Waals surface area contributed by atoms with Crippen LogP contribution in [-0.2, 0) is 21.3 Å². The molecule has 0 spiro atoms. The molecule has 52 heavy (non-hydrogen) atoms. The molecule has 2 aliphatic heterocycles. The predicted molar refractivity (Wildman–Crippen MR) is 201 cm³/mol. The number of hydrogen-bond donors (Lipinski definition) is 1. The summed E-state index contributed by atoms with van der Waals surface area (Å²) in [5.41, 5.74) is 4.16. The number of carbonyl (C=O) groups excluding carboxylic acids is 1. The first kappa shape index (κ1) is 37.1. The van der Waals surface area contributed by atoms with E-state index in [0.717, 1.165) is 54.7 Å². The average Bonchev–Trinajstić information content (AvgIpc) is 3.10. The van der Waals surface area contributed by atoms with Crippen LogP contribution in [0.15, 0.2) is 65.8 Å². The summed E-state index contributed by atoms with van der Waals surface area (Å²) < 4.78 is 42.1. The second-order valence-electron chi connectivity index (χ2n) is 15.0. The van der Waals surface area contributed by atoms with Crippen molar-refractivity contribution in [3.05, 3.63) is 83.3 Å². The first-order valence-corrected chi connectivity index (χ1v) is 19.4. The van der Waals surface area contributed by atoms with Gasteiger partial charge in [-0.3, -0.25) is 9.78 Å². The number of amides is 1. The molecule has 1 fully saturated rings. The lowest BCUT2D eigenvalue weighted by molar-refractivity contribution is 0.0549. The summed E-state index contributed by atoms with van der Waals surface area (Å²) in [5.74, 6) is 0.480. The number of anilines is 2. The number of piperidine rings is 1. The third-order valence-electron chi connectivity index (χ3n) is 9.69. The summed E-state index contributed by atoms with van der Waals surface area (Å²) in [6.07, 6.45) is 8.03. The molecule has 13 heteroatoms. The number of nitrogens with zero attached hydrogens (tertiary/aromatic N) is 6. The molecule has 1 N–H and O–H groups in total. The van der Waals surface area contributed by atoms with E-state index in [4.69, 9.17) is 14.5 Å². The van der Waals surface area contributed by atoms with E-state index in [1.54, 1.807) is 42.6 Å². The van der Waals surface area contributed by atoms with E-state index in [-0.39, 0.29) is 52.8 Å². The van der Waals surface area contributed by atoms with E-state index in [2.05, 4.69) is 45.3 Å². The zero-order valence-electron chi connectivity index (χ0n) is 30.9. The van der Waals surface area contributed by atoms with Crippen LogP contribution in [0, 0.1) is 19.3 Å². The molecule has 0 unspecified atom stereocenters. The second-order valence-corrected chi connectivity index (χ2v) is 16.7. The van der Waals surface area contributed by atoms with Crippen LogP contribution in [0.25, 0.3) is 11.3 Å². The summed E-state index contributed by atoms with van der Waals surface area (Å²) in [6.45, 7) is 12.1. The van der Waals surface area contributed by atoms with Gasteiger partial charge in [-0.05, 0) is 80.7 Å². The fraction of sp³-hybridized carbons (Fsp3) is 0.462. The van der Waals surface area contributed by atoms with Crippen molar-refractivity contribution in [3.8, 4) is 17.1 Å². The summed E-state index contributed by atoms with van der Waals surface area (Å²) in [4.78, 5) is 37.3. The van der Waals surface area contributed by atoms with Gasteiger partial charge in [0.15, 0.2) is 0 Å². The molecule has 12 nitrogen and oxygen atoms in total. The van der Waals surface area contributed by atoms with Crippen molar-refractivity contribution in [1.82, 2.24) is 24.8 Å². The first-order chi connectivity index (χ1) is 24.8. The normalized spacial score (nSPS) is 19.2. The van der Waals surface area contributed by atoms with Gasteiger partial charge >= 0.3 is 0 Å². The highest BCUT2D eigenvalue weighted by molar-refractivity contribution is 7.92. The van der Waals surface area contributed by atoms with Crippen molar-refractivity contribution in [1.29, 1.82) is 0 Å². The topological polar surface area (TPSA) is 140 Å². The van der Waals surface area contributed by atoms with Crippen molar-refractivity contribution < 1.29 is 22.7 Å². The highest BCUT2D eigenvalue weighted by Crippen LogP contribution is 2.32. The van der Waals surface area contributed by atoms with Gasteiger partial charge in [-0.1, -0.05) is 45.0 Å². The zero-order valence-corrected chi connectivity index (χ0v) is 31.7. The van der Waals surface area contributed by atoms with Crippen molar-refractivity contribution in [2.45, 2.75) is 90.2 Å². The maximum Gasteiger partial charge on any atom is 0.264 e. The van der Waals surface area contributed by atoms with E-state index in [9.17, 15) is 13.2 Å². The second kappa shape index (κ2) is 15.5. The van der Waals surface area contributed by atoms with Crippen molar-refractivity contribution >= 4 is 27.7 Å². The lowest BCUT2D eigenvalue weighted by atomic mass is 9.88. The number of rotatable bonds is 8. The fourth-order valence-corrected chi connectivity index (χ4v) is 7.95. The van der Waals surface area contributed by atoms with Crippen molar-refractivity contribution in [2.75, 3.05) is 36.5 Å². The molecule has 2 aromatic heterocycles. The smallest absolute Gasteiger partial charge is 0.264 e. The quantitative estimate of drug-likeness (QED) is 0.212. The predicted octanol–water partition coefficient (Wildman–Crippen LogP) is 6.59. The van der Waals surface area contributed by atoms with Crippen LogP contribution in [0.5, 0.6) is 5.88 Å². The van der Waals surface area contributed by atoms with Gasteiger partial charge in [-0.25, -0.2) is 23.1 Å². The standard InChI is InChI=1S/C39H49N7O5S/c1-26-11-9-12-27(2)36(26)33-20-35-43-38(42-33)44-52(48,49)32-15-10-13-28(19-32)37(47)46(31(25-51-35)16-17-39(3,4)5)23-29-21-40-22-34(41-29)45-18-8-7-14-30(45)24-50-6/h9-13,15,19-22,30-31H,7-8,14,16-18,23-25H2,1-6H3,(H,42,43,44)/t30-,31-/m1/s1. The molecule has 1 amide bonds. The summed E-state index contributed by atoms with van der Waals surface area (Å²) in [5, 5.41) is 0. The molecule has 0 radical (unpaired) electrons. The number of fused-ring (bicyclic) bond motifs is 4. The Balaban J connectivity index is 1.44. The van der Waals surface area contributed by atoms with Crippen molar-refractivity contribution in [2.24, 2.45) is 5.41 Å². The zero-order chi connectivity index (χ0) is 37.0. The van der Waals surface area contributed by atoms with E-state index >= 15 is 0 Å². The monoisotopic (exact) mass is 727 g/mol. The minimum Gasteiger partial charge on any atom is -0.475 e. The Bertz CT molecular complexity index is 1990. The Morgan fingerprint density at radius 2 is 1.75 bits per heavy atom. The number of sulfonamides is 1. The molecule has 6 rings (SSSR count). The third-order valence-corrected chi connectivity index (χ3v) is 11.0. The van der Waals surface area contributed by atoms with Gasteiger partial charge in [-0.15, -0.1) is 0 Å². The molecular weight excluding hydrogens is 679 g/mol. The number of hydrogen-bond acceptors (Lipinski definition) is 10. The Hall–Kier alpha value is -4.62. The van der Waals surface area contributed by atoms with Crippen LogP contribution in [0.4, 0.5) is 11.8 Å². The van der Waals surface area contributed by atoms with Gasteiger partial charge in [0.2, 0.25) is 11.8 Å². The number of aromatic nitrogens is 4. The summed E-state index contributed by atoms with van der Waals surface area (Å²) in [6, 6.07) is 13.5.